The lowest BCUT2D eigenvalue weighted by atomic mass is 9.83. The second-order valence-electron chi connectivity index (χ2n) is 15.5. The van der Waals surface area contributed by atoms with Gasteiger partial charge in [0.1, 0.15) is 11.2 Å². The summed E-state index contributed by atoms with van der Waals surface area (Å²) in [5.41, 5.74) is 11.5. The molecule has 7 aromatic carbocycles. The molecule has 0 saturated carbocycles. The zero-order valence-electron chi connectivity index (χ0n) is 31.8. The van der Waals surface area contributed by atoms with Crippen LogP contribution in [0.1, 0.15) is 24.3 Å². The molecular formula is C54H38N2O2. The zero-order valence-corrected chi connectivity index (χ0v) is 31.8. The van der Waals surface area contributed by atoms with E-state index in [1.54, 1.807) is 0 Å². The van der Waals surface area contributed by atoms with E-state index in [0.29, 0.717) is 5.92 Å². The quantitative estimate of drug-likeness (QED) is 0.170. The molecule has 0 radical (unpaired) electrons. The van der Waals surface area contributed by atoms with E-state index >= 15 is 0 Å². The van der Waals surface area contributed by atoms with E-state index in [2.05, 4.69) is 179 Å². The topological polar surface area (TPSA) is 34.5 Å². The molecule has 2 unspecified atom stereocenters. The Morgan fingerprint density at radius 3 is 1.81 bits per heavy atom. The SMILES string of the molecule is C1=CC(c2cccc(N(c3cccc4c3oc3ccccc34)c3cccc4c3oc3ccccc34)c2)CC=C1C1C=c2c(c3ccccc3n2-c2ccccc2)=CC1. The highest BCUT2D eigenvalue weighted by Gasteiger charge is 2.25. The van der Waals surface area contributed by atoms with Gasteiger partial charge < -0.3 is 18.3 Å². The Hall–Kier alpha value is -7.30. The van der Waals surface area contributed by atoms with Crippen molar-refractivity contribution in [3.63, 3.8) is 0 Å². The molecule has 0 aliphatic heterocycles. The predicted molar refractivity (Wildman–Crippen MR) is 240 cm³/mol. The average Bonchev–Trinajstić information content (AvgIpc) is 3.97. The van der Waals surface area contributed by atoms with Crippen LogP contribution < -0.4 is 15.5 Å². The molecule has 0 bridgehead atoms. The summed E-state index contributed by atoms with van der Waals surface area (Å²) < 4.78 is 15.8. The van der Waals surface area contributed by atoms with Crippen LogP contribution >= 0.6 is 0 Å². The number of rotatable bonds is 6. The van der Waals surface area contributed by atoms with Crippen LogP contribution in [0.3, 0.4) is 0 Å². The van der Waals surface area contributed by atoms with Crippen molar-refractivity contribution in [2.45, 2.75) is 18.8 Å². The van der Waals surface area contributed by atoms with E-state index in [1.807, 2.05) is 24.3 Å². The minimum atomic E-state index is 0.244. The lowest BCUT2D eigenvalue weighted by Gasteiger charge is -2.27. The summed E-state index contributed by atoms with van der Waals surface area (Å²) in [5, 5.41) is 8.33. The highest BCUT2D eigenvalue weighted by atomic mass is 16.3. The van der Waals surface area contributed by atoms with Crippen LogP contribution in [0.2, 0.25) is 0 Å². The number of nitrogens with zero attached hydrogens (tertiary/aromatic N) is 2. The fourth-order valence-corrected chi connectivity index (χ4v) is 9.53. The molecule has 276 valence electrons. The van der Waals surface area contributed by atoms with Crippen molar-refractivity contribution in [1.29, 1.82) is 0 Å². The molecule has 0 spiro atoms. The normalized spacial score (nSPS) is 16.4. The van der Waals surface area contributed by atoms with Gasteiger partial charge in [0.25, 0.3) is 0 Å². The van der Waals surface area contributed by atoms with Crippen LogP contribution in [-0.4, -0.2) is 4.57 Å². The first kappa shape index (κ1) is 32.9. The van der Waals surface area contributed by atoms with Crippen molar-refractivity contribution in [2.75, 3.05) is 4.90 Å². The van der Waals surface area contributed by atoms with Crippen molar-refractivity contribution in [3.8, 4) is 5.69 Å². The van der Waals surface area contributed by atoms with Crippen molar-refractivity contribution >= 4 is 84.0 Å². The fraction of sp³-hybridized carbons (Fsp3) is 0.0741. The van der Waals surface area contributed by atoms with Gasteiger partial charge in [-0.1, -0.05) is 140 Å². The molecule has 2 atom stereocenters. The molecular weight excluding hydrogens is 709 g/mol. The molecule has 4 nitrogen and oxygen atoms in total. The number of hydrogen-bond acceptors (Lipinski definition) is 3. The maximum Gasteiger partial charge on any atom is 0.159 e. The van der Waals surface area contributed by atoms with E-state index < -0.39 is 0 Å². The predicted octanol–water partition coefficient (Wildman–Crippen LogP) is 13.2. The third kappa shape index (κ3) is 5.15. The molecule has 10 aromatic rings. The number of fused-ring (bicyclic) bond motifs is 9. The van der Waals surface area contributed by atoms with E-state index in [1.165, 1.54) is 38.3 Å². The average molecular weight is 747 g/mol. The summed E-state index contributed by atoms with van der Waals surface area (Å²) in [5.74, 6) is 0.556. The summed E-state index contributed by atoms with van der Waals surface area (Å²) in [4.78, 5) is 2.32. The number of allylic oxidation sites excluding steroid dienone is 4. The highest BCUT2D eigenvalue weighted by molar-refractivity contribution is 6.13. The van der Waals surface area contributed by atoms with Crippen molar-refractivity contribution < 1.29 is 8.83 Å². The minimum Gasteiger partial charge on any atom is -0.454 e. The van der Waals surface area contributed by atoms with Gasteiger partial charge in [-0.25, -0.2) is 0 Å². The first-order valence-electron chi connectivity index (χ1n) is 20.2. The van der Waals surface area contributed by atoms with Gasteiger partial charge in [-0.15, -0.1) is 0 Å². The van der Waals surface area contributed by atoms with Crippen LogP contribution in [0.5, 0.6) is 0 Å². The first-order chi connectivity index (χ1) is 28.8. The van der Waals surface area contributed by atoms with Crippen molar-refractivity contribution in [1.82, 2.24) is 4.57 Å². The molecule has 2 aliphatic rings. The Kier molecular flexibility index (Phi) is 7.45. The molecule has 0 N–H and O–H groups in total. The van der Waals surface area contributed by atoms with Crippen LogP contribution in [0.15, 0.2) is 196 Å². The Labute approximate surface area is 335 Å². The zero-order chi connectivity index (χ0) is 38.2. The number of anilines is 3. The van der Waals surface area contributed by atoms with Crippen LogP contribution in [0.25, 0.3) is 72.6 Å². The molecule has 58 heavy (non-hydrogen) atoms. The summed E-state index contributed by atoms with van der Waals surface area (Å²) in [7, 11) is 0. The standard InChI is InChI=1S/C54H38N2O2/c1-2-14-39(15-3-1)55-47-22-7-4-17-41(47)42-32-31-38(34-50(42)55)36-29-27-35(28-30-36)37-13-10-16-40(33-37)56(48-23-11-20-45-43-18-5-8-25-51(43)57-53(45)48)49-24-12-21-46-44-19-6-9-26-52(44)58-54(46)49/h1-27,29-30,32-35,38H,28,31H2. The van der Waals surface area contributed by atoms with Gasteiger partial charge in [0.2, 0.25) is 0 Å². The van der Waals surface area contributed by atoms with Crippen molar-refractivity contribution in [2.24, 2.45) is 5.92 Å². The largest absolute Gasteiger partial charge is 0.454 e. The summed E-state index contributed by atoms with van der Waals surface area (Å²) in [6, 6.07) is 58.0. The van der Waals surface area contributed by atoms with Gasteiger partial charge in [-0.2, -0.15) is 0 Å². The van der Waals surface area contributed by atoms with E-state index in [0.717, 1.165) is 73.8 Å². The van der Waals surface area contributed by atoms with E-state index in [-0.39, 0.29) is 5.92 Å². The lowest BCUT2D eigenvalue weighted by molar-refractivity contribution is 0.666. The van der Waals surface area contributed by atoms with Gasteiger partial charge in [-0.05, 0) is 78.6 Å². The highest BCUT2D eigenvalue weighted by Crippen LogP contribution is 2.46. The first-order valence-corrected chi connectivity index (χ1v) is 20.2. The van der Waals surface area contributed by atoms with Gasteiger partial charge in [0.05, 0.1) is 22.2 Å². The molecule has 3 heterocycles. The van der Waals surface area contributed by atoms with Gasteiger partial charge in [-0.3, -0.25) is 0 Å². The van der Waals surface area contributed by atoms with Crippen molar-refractivity contribution in [3.05, 3.63) is 204 Å². The molecule has 3 aromatic heterocycles. The summed E-state index contributed by atoms with van der Waals surface area (Å²) >= 11 is 0. The van der Waals surface area contributed by atoms with Gasteiger partial charge >= 0.3 is 0 Å². The van der Waals surface area contributed by atoms with Gasteiger partial charge in [0, 0.05) is 55.4 Å². The minimum absolute atomic E-state index is 0.244. The third-order valence-electron chi connectivity index (χ3n) is 12.3. The summed E-state index contributed by atoms with van der Waals surface area (Å²) in [6.45, 7) is 0. The van der Waals surface area contributed by atoms with Crippen LogP contribution in [0.4, 0.5) is 17.1 Å². The summed E-state index contributed by atoms with van der Waals surface area (Å²) in [6.07, 6.45) is 14.1. The molecule has 12 rings (SSSR count). The van der Waals surface area contributed by atoms with E-state index in [4.69, 9.17) is 8.83 Å². The number of para-hydroxylation sites is 6. The maximum atomic E-state index is 6.67. The Morgan fingerprint density at radius 2 is 1.12 bits per heavy atom. The smallest absolute Gasteiger partial charge is 0.159 e. The second kappa shape index (κ2) is 13.1. The molecule has 4 heteroatoms. The molecule has 0 amide bonds. The number of aromatic nitrogens is 1. The maximum absolute atomic E-state index is 6.67. The lowest BCUT2D eigenvalue weighted by Crippen LogP contribution is -2.32. The molecule has 0 saturated heterocycles. The van der Waals surface area contributed by atoms with E-state index in [9.17, 15) is 0 Å². The Morgan fingerprint density at radius 1 is 0.517 bits per heavy atom. The van der Waals surface area contributed by atoms with Crippen LogP contribution in [-0.2, 0) is 0 Å². The third-order valence-corrected chi connectivity index (χ3v) is 12.3. The fourth-order valence-electron chi connectivity index (χ4n) is 9.53. The number of hydrogen-bond donors (Lipinski definition) is 0. The number of furan rings is 2. The number of benzene rings is 7. The Bertz CT molecular complexity index is 3320. The second-order valence-corrected chi connectivity index (χ2v) is 15.5. The monoisotopic (exact) mass is 746 g/mol. The Balaban J connectivity index is 0.937. The molecule has 2 aliphatic carbocycles. The van der Waals surface area contributed by atoms with Crippen LogP contribution in [0, 0.1) is 5.92 Å². The van der Waals surface area contributed by atoms with Gasteiger partial charge in [0.15, 0.2) is 11.2 Å². The molecule has 0 fully saturated rings.